The van der Waals surface area contributed by atoms with Gasteiger partial charge in [-0.2, -0.15) is 0 Å². The highest BCUT2D eigenvalue weighted by Crippen LogP contribution is 2.25. The smallest absolute Gasteiger partial charge is 0.262 e. The predicted octanol–water partition coefficient (Wildman–Crippen LogP) is 3.28. The van der Waals surface area contributed by atoms with Crippen molar-refractivity contribution in [3.05, 3.63) is 60.3 Å². The van der Waals surface area contributed by atoms with Crippen LogP contribution in [0.25, 0.3) is 10.9 Å². The summed E-state index contributed by atoms with van der Waals surface area (Å²) in [6.45, 7) is 1.78. The lowest BCUT2D eigenvalue weighted by molar-refractivity contribution is 0.600. The number of hydrogen-bond acceptors (Lipinski definition) is 2. The number of fused-ring (bicyclic) bond motifs is 1. The van der Waals surface area contributed by atoms with Gasteiger partial charge in [0.2, 0.25) is 0 Å². The zero-order valence-electron chi connectivity index (χ0n) is 10.9. The van der Waals surface area contributed by atoms with Crippen LogP contribution < -0.4 is 4.72 Å². The lowest BCUT2D eigenvalue weighted by atomic mass is 10.2. The summed E-state index contributed by atoms with van der Waals surface area (Å²) in [6, 6.07) is 14.3. The van der Waals surface area contributed by atoms with E-state index < -0.39 is 10.0 Å². The lowest BCUT2D eigenvalue weighted by Gasteiger charge is -2.11. The quantitative estimate of drug-likeness (QED) is 0.776. The van der Waals surface area contributed by atoms with Crippen molar-refractivity contribution in [3.8, 4) is 0 Å². The number of nitrogens with one attached hydrogen (secondary N) is 2. The maximum atomic E-state index is 12.5. The Hall–Kier alpha value is -2.27. The van der Waals surface area contributed by atoms with Crippen molar-refractivity contribution in [2.45, 2.75) is 11.8 Å². The Morgan fingerprint density at radius 1 is 1.00 bits per heavy atom. The van der Waals surface area contributed by atoms with Crippen molar-refractivity contribution >= 4 is 26.6 Å². The van der Waals surface area contributed by atoms with Crippen molar-refractivity contribution < 1.29 is 8.42 Å². The molecular weight excluding hydrogens is 272 g/mol. The molecule has 0 fully saturated rings. The van der Waals surface area contributed by atoms with E-state index in [9.17, 15) is 8.42 Å². The van der Waals surface area contributed by atoms with E-state index in [1.807, 2.05) is 24.3 Å². The van der Waals surface area contributed by atoms with Crippen LogP contribution in [0.4, 0.5) is 5.69 Å². The Morgan fingerprint density at radius 3 is 2.60 bits per heavy atom. The number of hydrogen-bond donors (Lipinski definition) is 2. The molecule has 0 amide bonds. The average molecular weight is 286 g/mol. The van der Waals surface area contributed by atoms with Crippen LogP contribution in [-0.4, -0.2) is 13.4 Å². The highest BCUT2D eigenvalue weighted by molar-refractivity contribution is 7.92. The maximum absolute atomic E-state index is 12.5. The van der Waals surface area contributed by atoms with Crippen LogP contribution in [0, 0.1) is 6.92 Å². The molecule has 102 valence electrons. The van der Waals surface area contributed by atoms with Crippen LogP contribution in [0.3, 0.4) is 0 Å². The third kappa shape index (κ3) is 2.16. The fourth-order valence-electron chi connectivity index (χ4n) is 2.23. The number of sulfonamides is 1. The molecule has 0 saturated carbocycles. The third-order valence-corrected chi connectivity index (χ3v) is 4.75. The fourth-order valence-corrected chi connectivity index (χ4v) is 3.56. The molecule has 0 radical (unpaired) electrons. The minimum absolute atomic E-state index is 0.299. The second kappa shape index (κ2) is 4.68. The van der Waals surface area contributed by atoms with Gasteiger partial charge in [-0.15, -0.1) is 0 Å². The normalized spacial score (nSPS) is 11.7. The van der Waals surface area contributed by atoms with Gasteiger partial charge in [-0.1, -0.05) is 24.3 Å². The van der Waals surface area contributed by atoms with Crippen molar-refractivity contribution in [3.63, 3.8) is 0 Å². The minimum atomic E-state index is -3.58. The van der Waals surface area contributed by atoms with Crippen molar-refractivity contribution in [1.29, 1.82) is 0 Å². The molecule has 5 heteroatoms. The molecule has 1 aromatic heterocycles. The molecule has 2 N–H and O–H groups in total. The molecule has 0 spiro atoms. The molecule has 0 saturated heterocycles. The molecule has 0 bridgehead atoms. The molecule has 1 heterocycles. The Balaban J connectivity index is 2.06. The highest BCUT2D eigenvalue weighted by atomic mass is 32.2. The summed E-state index contributed by atoms with van der Waals surface area (Å²) in [6.07, 6.45) is 1.79. The van der Waals surface area contributed by atoms with Gasteiger partial charge in [0.15, 0.2) is 0 Å². The van der Waals surface area contributed by atoms with Gasteiger partial charge in [0.1, 0.15) is 0 Å². The number of benzene rings is 2. The van der Waals surface area contributed by atoms with Crippen molar-refractivity contribution in [2.24, 2.45) is 0 Å². The van der Waals surface area contributed by atoms with Gasteiger partial charge in [-0.05, 0) is 36.8 Å². The van der Waals surface area contributed by atoms with E-state index in [0.717, 1.165) is 16.5 Å². The molecule has 3 rings (SSSR count). The first kappa shape index (κ1) is 12.7. The Bertz CT molecular complexity index is 866. The van der Waals surface area contributed by atoms with Gasteiger partial charge >= 0.3 is 0 Å². The van der Waals surface area contributed by atoms with E-state index in [0.29, 0.717) is 10.6 Å². The first-order valence-corrected chi connectivity index (χ1v) is 7.71. The van der Waals surface area contributed by atoms with Crippen molar-refractivity contribution in [2.75, 3.05) is 4.72 Å². The average Bonchev–Trinajstić information content (AvgIpc) is 2.88. The number of anilines is 1. The van der Waals surface area contributed by atoms with Crippen LogP contribution in [-0.2, 0) is 10.0 Å². The van der Waals surface area contributed by atoms with Crippen LogP contribution in [0.5, 0.6) is 0 Å². The summed E-state index contributed by atoms with van der Waals surface area (Å²) < 4.78 is 27.6. The highest BCUT2D eigenvalue weighted by Gasteiger charge is 2.17. The number of aromatic amines is 1. The summed E-state index contributed by atoms with van der Waals surface area (Å²) in [7, 11) is -3.58. The number of aryl methyl sites for hydroxylation is 1. The zero-order valence-corrected chi connectivity index (χ0v) is 11.7. The van der Waals surface area contributed by atoms with E-state index in [4.69, 9.17) is 0 Å². The van der Waals surface area contributed by atoms with Gasteiger partial charge in [0.05, 0.1) is 10.6 Å². The Labute approximate surface area is 117 Å². The van der Waals surface area contributed by atoms with Gasteiger partial charge in [-0.3, -0.25) is 4.72 Å². The molecule has 0 atom stereocenters. The summed E-state index contributed by atoms with van der Waals surface area (Å²) in [5, 5.41) is 0.852. The molecule has 20 heavy (non-hydrogen) atoms. The molecule has 0 aliphatic rings. The second-order valence-corrected chi connectivity index (χ2v) is 6.27. The lowest BCUT2D eigenvalue weighted by Crippen LogP contribution is -2.14. The van der Waals surface area contributed by atoms with E-state index >= 15 is 0 Å². The number of rotatable bonds is 3. The standard InChI is InChI=1S/C15H14N2O2S/c1-11-5-2-3-8-15(11)20(18,19)17-14-7-4-6-13-12(14)9-10-16-13/h2-10,16-17H,1H3. The maximum Gasteiger partial charge on any atom is 0.262 e. The Kier molecular flexibility index (Phi) is 2.99. The van der Waals surface area contributed by atoms with Crippen LogP contribution in [0.15, 0.2) is 59.6 Å². The second-order valence-electron chi connectivity index (χ2n) is 4.62. The zero-order chi connectivity index (χ0) is 14.2. The van der Waals surface area contributed by atoms with Crippen LogP contribution in [0.2, 0.25) is 0 Å². The SMILES string of the molecule is Cc1ccccc1S(=O)(=O)Nc1cccc2[nH]ccc12. The molecule has 4 nitrogen and oxygen atoms in total. The summed E-state index contributed by atoms with van der Waals surface area (Å²) in [4.78, 5) is 3.36. The monoisotopic (exact) mass is 286 g/mol. The fraction of sp³-hybridized carbons (Fsp3) is 0.0667. The molecule has 0 aliphatic carbocycles. The number of aromatic nitrogens is 1. The molecule has 3 aromatic rings. The van der Waals surface area contributed by atoms with Gasteiger partial charge in [0.25, 0.3) is 10.0 Å². The molecule has 0 unspecified atom stereocenters. The molecule has 2 aromatic carbocycles. The van der Waals surface area contributed by atoms with Crippen LogP contribution in [0.1, 0.15) is 5.56 Å². The largest absolute Gasteiger partial charge is 0.361 e. The van der Waals surface area contributed by atoms with E-state index in [1.165, 1.54) is 0 Å². The number of H-pyrrole nitrogens is 1. The van der Waals surface area contributed by atoms with Gasteiger partial charge in [-0.25, -0.2) is 8.42 Å². The predicted molar refractivity (Wildman–Crippen MR) is 80.3 cm³/mol. The first-order chi connectivity index (χ1) is 9.58. The van der Waals surface area contributed by atoms with Crippen molar-refractivity contribution in [1.82, 2.24) is 4.98 Å². The minimum Gasteiger partial charge on any atom is -0.361 e. The third-order valence-electron chi connectivity index (χ3n) is 3.22. The van der Waals surface area contributed by atoms with Gasteiger partial charge < -0.3 is 4.98 Å². The van der Waals surface area contributed by atoms with E-state index in [-0.39, 0.29) is 0 Å². The van der Waals surface area contributed by atoms with Crippen LogP contribution >= 0.6 is 0 Å². The first-order valence-electron chi connectivity index (χ1n) is 6.22. The molecule has 0 aliphatic heterocycles. The topological polar surface area (TPSA) is 62.0 Å². The Morgan fingerprint density at radius 2 is 1.80 bits per heavy atom. The van der Waals surface area contributed by atoms with E-state index in [1.54, 1.807) is 37.4 Å². The molecular formula is C15H14N2O2S. The van der Waals surface area contributed by atoms with Gasteiger partial charge in [0, 0.05) is 17.1 Å². The van der Waals surface area contributed by atoms with E-state index in [2.05, 4.69) is 9.71 Å². The summed E-state index contributed by atoms with van der Waals surface area (Å²) in [5.74, 6) is 0. The summed E-state index contributed by atoms with van der Waals surface area (Å²) >= 11 is 0. The summed E-state index contributed by atoms with van der Waals surface area (Å²) in [5.41, 5.74) is 2.20.